The van der Waals surface area contributed by atoms with E-state index in [0.717, 1.165) is 0 Å². The van der Waals surface area contributed by atoms with Crippen LogP contribution in [0.15, 0.2) is 18.2 Å². The van der Waals surface area contributed by atoms with Gasteiger partial charge in [-0.05, 0) is 17.7 Å². The molecular formula is C10H11BrFNOS. The van der Waals surface area contributed by atoms with Crippen LogP contribution >= 0.6 is 15.9 Å². The summed E-state index contributed by atoms with van der Waals surface area (Å²) in [6.07, 6.45) is 3.28. The lowest BCUT2D eigenvalue weighted by Gasteiger charge is -1.96. The molecule has 0 unspecified atom stereocenters. The van der Waals surface area contributed by atoms with Gasteiger partial charge >= 0.3 is 0 Å². The number of benzene rings is 1. The van der Waals surface area contributed by atoms with Gasteiger partial charge in [0.1, 0.15) is 5.82 Å². The van der Waals surface area contributed by atoms with Crippen LogP contribution in [0.4, 0.5) is 4.39 Å². The molecule has 0 aliphatic rings. The Bertz CT molecular complexity index is 385. The second kappa shape index (κ2) is 7.55. The smallest absolute Gasteiger partial charge is 0.128 e. The highest BCUT2D eigenvalue weighted by molar-refractivity contribution is 9.08. The van der Waals surface area contributed by atoms with Crippen LogP contribution in [0.1, 0.15) is 11.1 Å². The van der Waals surface area contributed by atoms with E-state index >= 15 is 0 Å². The maximum atomic E-state index is 12.9. The van der Waals surface area contributed by atoms with E-state index in [9.17, 15) is 8.60 Å². The summed E-state index contributed by atoms with van der Waals surface area (Å²) in [6.45, 7) is 0. The summed E-state index contributed by atoms with van der Waals surface area (Å²) in [6, 6.07) is 6.29. The van der Waals surface area contributed by atoms with Crippen molar-refractivity contribution < 1.29 is 8.60 Å². The molecule has 2 nitrogen and oxygen atoms in total. The third kappa shape index (κ3) is 6.37. The van der Waals surface area contributed by atoms with Crippen molar-refractivity contribution in [2.75, 3.05) is 12.5 Å². The van der Waals surface area contributed by atoms with Crippen LogP contribution in [-0.2, 0) is 16.1 Å². The van der Waals surface area contributed by atoms with Crippen molar-refractivity contribution in [2.45, 2.75) is 5.33 Å². The summed E-state index contributed by atoms with van der Waals surface area (Å²) in [5.41, 5.74) is 0.927. The number of rotatable bonds is 1. The normalized spacial score (nSPS) is 9.07. The van der Waals surface area contributed by atoms with Gasteiger partial charge in [-0.2, -0.15) is 5.26 Å². The number of alkyl halides is 1. The molecule has 1 aromatic carbocycles. The highest BCUT2D eigenvalue weighted by atomic mass is 79.9. The van der Waals surface area contributed by atoms with Crippen LogP contribution in [0.3, 0.4) is 0 Å². The van der Waals surface area contributed by atoms with Gasteiger partial charge in [-0.1, -0.05) is 22.0 Å². The van der Waals surface area contributed by atoms with E-state index in [2.05, 4.69) is 15.9 Å². The van der Waals surface area contributed by atoms with Gasteiger partial charge in [0, 0.05) is 28.6 Å². The van der Waals surface area contributed by atoms with Crippen molar-refractivity contribution in [3.8, 4) is 6.07 Å². The highest BCUT2D eigenvalue weighted by Crippen LogP contribution is 2.12. The van der Waals surface area contributed by atoms with Gasteiger partial charge in [0.05, 0.1) is 11.6 Å². The summed E-state index contributed by atoms with van der Waals surface area (Å²) in [5, 5.41) is 8.87. The molecular weight excluding hydrogens is 281 g/mol. The number of nitrogens with zero attached hydrogens (tertiary/aromatic N) is 1. The number of nitriles is 1. The topological polar surface area (TPSA) is 40.9 Å². The Labute approximate surface area is 99.7 Å². The minimum atomic E-state index is -0.611. The summed E-state index contributed by atoms with van der Waals surface area (Å²) < 4.78 is 22.4. The zero-order chi connectivity index (χ0) is 11.8. The largest absolute Gasteiger partial charge is 0.260 e. The summed E-state index contributed by atoms with van der Waals surface area (Å²) in [4.78, 5) is 0. The van der Waals surface area contributed by atoms with E-state index in [1.807, 2.05) is 6.07 Å². The molecule has 0 aliphatic carbocycles. The minimum Gasteiger partial charge on any atom is -0.260 e. The second-order valence-electron chi connectivity index (χ2n) is 2.79. The fourth-order valence-electron chi connectivity index (χ4n) is 0.725. The average Bonchev–Trinajstić information content (AvgIpc) is 2.16. The molecule has 0 radical (unpaired) electrons. The fourth-order valence-corrected chi connectivity index (χ4v) is 1.18. The first-order valence-electron chi connectivity index (χ1n) is 4.00. The average molecular weight is 292 g/mol. The second-order valence-corrected chi connectivity index (χ2v) is 4.84. The van der Waals surface area contributed by atoms with Gasteiger partial charge in [-0.3, -0.25) is 4.21 Å². The number of halogens is 2. The van der Waals surface area contributed by atoms with Crippen LogP contribution in [0.2, 0.25) is 0 Å². The molecule has 0 aromatic heterocycles. The Balaban J connectivity index is 0.000000423. The van der Waals surface area contributed by atoms with Crippen molar-refractivity contribution in [3.05, 3.63) is 35.1 Å². The first-order chi connectivity index (χ1) is 7.01. The standard InChI is InChI=1S/C8H5BrFN.C2H6OS/c9-4-7-2-1-6(5-11)3-8(7)10;1-4(2)3/h1-3H,4H2;1-2H3. The maximum Gasteiger partial charge on any atom is 0.128 e. The lowest BCUT2D eigenvalue weighted by molar-refractivity contribution is 0.617. The predicted molar refractivity (Wildman–Crippen MR) is 63.7 cm³/mol. The minimum absolute atomic E-state index is 0.332. The Hall–Kier alpha value is -0.730. The van der Waals surface area contributed by atoms with Crippen LogP contribution in [0, 0.1) is 17.1 Å². The third-order valence-corrected chi connectivity index (χ3v) is 1.93. The van der Waals surface area contributed by atoms with E-state index in [0.29, 0.717) is 16.5 Å². The Morgan fingerprint density at radius 2 is 2.07 bits per heavy atom. The van der Waals surface area contributed by atoms with Crippen molar-refractivity contribution in [3.63, 3.8) is 0 Å². The number of hydrogen-bond acceptors (Lipinski definition) is 2. The Kier molecular flexibility index (Phi) is 7.18. The summed E-state index contributed by atoms with van der Waals surface area (Å²) in [5.74, 6) is -0.332. The highest BCUT2D eigenvalue weighted by Gasteiger charge is 2.00. The molecule has 0 fully saturated rings. The molecule has 0 amide bonds. The zero-order valence-corrected chi connectivity index (χ0v) is 10.9. The molecule has 0 saturated carbocycles. The van der Waals surface area contributed by atoms with Gasteiger partial charge in [0.2, 0.25) is 0 Å². The van der Waals surface area contributed by atoms with Crippen molar-refractivity contribution in [1.29, 1.82) is 5.26 Å². The van der Waals surface area contributed by atoms with E-state index < -0.39 is 10.8 Å². The first kappa shape index (κ1) is 14.3. The van der Waals surface area contributed by atoms with Crippen molar-refractivity contribution in [2.24, 2.45) is 0 Å². The van der Waals surface area contributed by atoms with Crippen molar-refractivity contribution in [1.82, 2.24) is 0 Å². The molecule has 0 saturated heterocycles. The van der Waals surface area contributed by atoms with Gasteiger partial charge in [-0.25, -0.2) is 4.39 Å². The van der Waals surface area contributed by atoms with E-state index in [1.54, 1.807) is 24.6 Å². The lowest BCUT2D eigenvalue weighted by Crippen LogP contribution is -1.86. The van der Waals surface area contributed by atoms with Crippen LogP contribution < -0.4 is 0 Å². The lowest BCUT2D eigenvalue weighted by atomic mass is 10.1. The van der Waals surface area contributed by atoms with Gasteiger partial charge < -0.3 is 0 Å². The molecule has 82 valence electrons. The van der Waals surface area contributed by atoms with Gasteiger partial charge in [0.15, 0.2) is 0 Å². The molecule has 5 heteroatoms. The molecule has 0 atom stereocenters. The van der Waals surface area contributed by atoms with Crippen LogP contribution in [0.25, 0.3) is 0 Å². The third-order valence-electron chi connectivity index (χ3n) is 1.33. The molecule has 0 bridgehead atoms. The number of hydrogen-bond donors (Lipinski definition) is 0. The molecule has 15 heavy (non-hydrogen) atoms. The Morgan fingerprint density at radius 3 is 2.40 bits per heavy atom. The SMILES string of the molecule is CS(C)=O.N#Cc1ccc(CBr)c(F)c1. The summed E-state index contributed by atoms with van der Waals surface area (Å²) >= 11 is 3.13. The van der Waals surface area contributed by atoms with E-state index in [4.69, 9.17) is 5.26 Å². The zero-order valence-electron chi connectivity index (χ0n) is 8.46. The monoisotopic (exact) mass is 291 g/mol. The van der Waals surface area contributed by atoms with Crippen molar-refractivity contribution >= 4 is 26.7 Å². The van der Waals surface area contributed by atoms with E-state index in [-0.39, 0.29) is 5.82 Å². The predicted octanol–water partition coefficient (Wildman–Crippen LogP) is 2.59. The van der Waals surface area contributed by atoms with Gasteiger partial charge in [0.25, 0.3) is 0 Å². The summed E-state index contributed by atoms with van der Waals surface area (Å²) in [7, 11) is -0.611. The van der Waals surface area contributed by atoms with Crippen LogP contribution in [-0.4, -0.2) is 16.7 Å². The Morgan fingerprint density at radius 1 is 1.53 bits per heavy atom. The molecule has 1 aromatic rings. The first-order valence-corrected chi connectivity index (χ1v) is 7.09. The van der Waals surface area contributed by atoms with Gasteiger partial charge in [-0.15, -0.1) is 0 Å². The maximum absolute atomic E-state index is 12.9. The molecule has 0 N–H and O–H groups in total. The molecule has 0 spiro atoms. The quantitative estimate of drug-likeness (QED) is 0.746. The molecule has 0 aliphatic heterocycles. The van der Waals surface area contributed by atoms with E-state index in [1.165, 1.54) is 6.07 Å². The molecule has 0 heterocycles. The fraction of sp³-hybridized carbons (Fsp3) is 0.300. The molecule has 1 rings (SSSR count). The van der Waals surface area contributed by atoms with Crippen LogP contribution in [0.5, 0.6) is 0 Å².